The van der Waals surface area contributed by atoms with Crippen molar-refractivity contribution in [3.63, 3.8) is 0 Å². The summed E-state index contributed by atoms with van der Waals surface area (Å²) in [4.78, 5) is 13.7. The lowest BCUT2D eigenvalue weighted by molar-refractivity contribution is -0.129. The summed E-state index contributed by atoms with van der Waals surface area (Å²) in [6.45, 7) is 4.80. The molecule has 0 bridgehead atoms. The van der Waals surface area contributed by atoms with Crippen molar-refractivity contribution in [3.05, 3.63) is 41.5 Å². The Hall–Kier alpha value is -1.61. The second-order valence-corrected chi connectivity index (χ2v) is 4.37. The Labute approximate surface area is 108 Å². The summed E-state index contributed by atoms with van der Waals surface area (Å²) >= 11 is 0. The normalized spacial score (nSPS) is 16.2. The van der Waals surface area contributed by atoms with Crippen molar-refractivity contribution in [2.75, 3.05) is 26.3 Å². The Balaban J connectivity index is 1.94. The van der Waals surface area contributed by atoms with Gasteiger partial charge in [0.25, 0.3) is 0 Å². The Morgan fingerprint density at radius 1 is 1.28 bits per heavy atom. The van der Waals surface area contributed by atoms with Gasteiger partial charge in [-0.2, -0.15) is 0 Å². The predicted molar refractivity (Wildman–Crippen MR) is 72.3 cm³/mol. The molecule has 1 saturated heterocycles. The molecule has 1 amide bonds. The molecule has 0 atom stereocenters. The first-order valence-electron chi connectivity index (χ1n) is 6.43. The van der Waals surface area contributed by atoms with E-state index < -0.39 is 0 Å². The number of aryl methyl sites for hydroxylation is 1. The van der Waals surface area contributed by atoms with Crippen LogP contribution in [-0.4, -0.2) is 37.1 Å². The fourth-order valence-corrected chi connectivity index (χ4v) is 1.92. The van der Waals surface area contributed by atoms with Gasteiger partial charge >= 0.3 is 0 Å². The fraction of sp³-hybridized carbons (Fsp3) is 0.400. The van der Waals surface area contributed by atoms with E-state index in [1.165, 1.54) is 5.56 Å². The lowest BCUT2D eigenvalue weighted by Crippen LogP contribution is -2.39. The highest BCUT2D eigenvalue weighted by Crippen LogP contribution is 2.07. The van der Waals surface area contributed by atoms with Crippen molar-refractivity contribution in [1.82, 2.24) is 4.90 Å². The van der Waals surface area contributed by atoms with E-state index in [2.05, 4.69) is 19.1 Å². The lowest BCUT2D eigenvalue weighted by atomic mass is 10.1. The number of amides is 1. The van der Waals surface area contributed by atoms with E-state index in [0.717, 1.165) is 12.0 Å². The molecule has 1 aliphatic heterocycles. The zero-order chi connectivity index (χ0) is 12.8. The summed E-state index contributed by atoms with van der Waals surface area (Å²) in [6, 6.07) is 8.28. The Kier molecular flexibility index (Phi) is 4.53. The number of benzene rings is 1. The number of nitrogens with zero attached hydrogens (tertiary/aromatic N) is 1. The van der Waals surface area contributed by atoms with Crippen LogP contribution in [0, 0.1) is 0 Å². The highest BCUT2D eigenvalue weighted by Gasteiger charge is 2.13. The number of morpholine rings is 1. The molecule has 1 aromatic carbocycles. The molecule has 0 aromatic heterocycles. The van der Waals surface area contributed by atoms with Crippen LogP contribution < -0.4 is 0 Å². The minimum atomic E-state index is 0.0675. The fourth-order valence-electron chi connectivity index (χ4n) is 1.92. The van der Waals surface area contributed by atoms with Gasteiger partial charge in [0.15, 0.2) is 0 Å². The SMILES string of the molecule is CCc1ccc(/C=C/C(=O)N2CCOCC2)cc1. The molecule has 0 spiro atoms. The summed E-state index contributed by atoms with van der Waals surface area (Å²) in [7, 11) is 0. The van der Waals surface area contributed by atoms with Crippen molar-refractivity contribution in [3.8, 4) is 0 Å². The van der Waals surface area contributed by atoms with Crippen LogP contribution in [0.25, 0.3) is 6.08 Å². The zero-order valence-electron chi connectivity index (χ0n) is 10.8. The second-order valence-electron chi connectivity index (χ2n) is 4.37. The van der Waals surface area contributed by atoms with Crippen molar-refractivity contribution >= 4 is 12.0 Å². The molecule has 18 heavy (non-hydrogen) atoms. The summed E-state index contributed by atoms with van der Waals surface area (Å²) in [5.41, 5.74) is 2.38. The van der Waals surface area contributed by atoms with Crippen molar-refractivity contribution < 1.29 is 9.53 Å². The second kappa shape index (κ2) is 6.36. The molecular weight excluding hydrogens is 226 g/mol. The monoisotopic (exact) mass is 245 g/mol. The van der Waals surface area contributed by atoms with Crippen LogP contribution in [0.15, 0.2) is 30.3 Å². The van der Waals surface area contributed by atoms with Crippen LogP contribution in [0.3, 0.4) is 0 Å². The van der Waals surface area contributed by atoms with Gasteiger partial charge in [-0.05, 0) is 23.6 Å². The van der Waals surface area contributed by atoms with Crippen LogP contribution in [0.1, 0.15) is 18.1 Å². The maximum atomic E-state index is 11.9. The minimum Gasteiger partial charge on any atom is -0.378 e. The highest BCUT2D eigenvalue weighted by atomic mass is 16.5. The average Bonchev–Trinajstić information content (AvgIpc) is 2.46. The largest absolute Gasteiger partial charge is 0.378 e. The molecule has 96 valence electrons. The first-order chi connectivity index (χ1) is 8.79. The molecule has 1 aromatic rings. The molecule has 0 saturated carbocycles. The van der Waals surface area contributed by atoms with E-state index in [-0.39, 0.29) is 5.91 Å². The summed E-state index contributed by atoms with van der Waals surface area (Å²) in [5.74, 6) is 0.0675. The summed E-state index contributed by atoms with van der Waals surface area (Å²) < 4.78 is 5.22. The van der Waals surface area contributed by atoms with E-state index in [1.54, 1.807) is 6.08 Å². The molecule has 1 aliphatic rings. The van der Waals surface area contributed by atoms with Crippen molar-refractivity contribution in [2.45, 2.75) is 13.3 Å². The highest BCUT2D eigenvalue weighted by molar-refractivity contribution is 5.91. The number of hydrogen-bond acceptors (Lipinski definition) is 2. The number of rotatable bonds is 3. The molecule has 0 unspecified atom stereocenters. The third-order valence-corrected chi connectivity index (χ3v) is 3.13. The van der Waals surface area contributed by atoms with E-state index in [0.29, 0.717) is 26.3 Å². The maximum absolute atomic E-state index is 11.9. The van der Waals surface area contributed by atoms with Gasteiger partial charge in [0.1, 0.15) is 0 Å². The molecule has 1 heterocycles. The van der Waals surface area contributed by atoms with Gasteiger partial charge in [0.2, 0.25) is 5.91 Å². The molecule has 1 fully saturated rings. The summed E-state index contributed by atoms with van der Waals surface area (Å²) in [6.07, 6.45) is 4.56. The van der Waals surface area contributed by atoms with E-state index in [1.807, 2.05) is 23.1 Å². The molecular formula is C15H19NO2. The third kappa shape index (κ3) is 3.44. The van der Waals surface area contributed by atoms with Gasteiger partial charge in [-0.3, -0.25) is 4.79 Å². The van der Waals surface area contributed by atoms with Gasteiger partial charge in [-0.25, -0.2) is 0 Å². The first-order valence-corrected chi connectivity index (χ1v) is 6.43. The van der Waals surface area contributed by atoms with Gasteiger partial charge < -0.3 is 9.64 Å². The predicted octanol–water partition coefficient (Wildman–Crippen LogP) is 2.12. The maximum Gasteiger partial charge on any atom is 0.246 e. The van der Waals surface area contributed by atoms with Gasteiger partial charge in [0, 0.05) is 19.2 Å². The van der Waals surface area contributed by atoms with E-state index >= 15 is 0 Å². The first kappa shape index (κ1) is 12.8. The standard InChI is InChI=1S/C15H19NO2/c1-2-13-3-5-14(6-4-13)7-8-15(17)16-9-11-18-12-10-16/h3-8H,2,9-12H2,1H3/b8-7+. The molecule has 2 rings (SSSR count). The molecule has 0 aliphatic carbocycles. The molecule has 0 N–H and O–H groups in total. The van der Waals surface area contributed by atoms with Crippen LogP contribution in [0.5, 0.6) is 0 Å². The van der Waals surface area contributed by atoms with Crippen molar-refractivity contribution in [2.24, 2.45) is 0 Å². The number of ether oxygens (including phenoxy) is 1. The quantitative estimate of drug-likeness (QED) is 0.763. The van der Waals surface area contributed by atoms with Gasteiger partial charge in [0.05, 0.1) is 13.2 Å². The van der Waals surface area contributed by atoms with E-state index in [4.69, 9.17) is 4.74 Å². The Bertz CT molecular complexity index is 417. The summed E-state index contributed by atoms with van der Waals surface area (Å²) in [5, 5.41) is 0. The third-order valence-electron chi connectivity index (χ3n) is 3.13. The number of hydrogen-bond donors (Lipinski definition) is 0. The van der Waals surface area contributed by atoms with Crippen molar-refractivity contribution in [1.29, 1.82) is 0 Å². The number of carbonyl (C=O) groups excluding carboxylic acids is 1. The van der Waals surface area contributed by atoms with Gasteiger partial charge in [-0.15, -0.1) is 0 Å². The van der Waals surface area contributed by atoms with Crippen LogP contribution in [0.4, 0.5) is 0 Å². The Morgan fingerprint density at radius 2 is 1.94 bits per heavy atom. The molecule has 3 heteroatoms. The average molecular weight is 245 g/mol. The lowest BCUT2D eigenvalue weighted by Gasteiger charge is -2.25. The van der Waals surface area contributed by atoms with E-state index in [9.17, 15) is 4.79 Å². The van der Waals surface area contributed by atoms with Gasteiger partial charge in [-0.1, -0.05) is 31.2 Å². The molecule has 0 radical (unpaired) electrons. The molecule has 3 nitrogen and oxygen atoms in total. The minimum absolute atomic E-state index is 0.0675. The van der Waals surface area contributed by atoms with Crippen LogP contribution in [0.2, 0.25) is 0 Å². The van der Waals surface area contributed by atoms with Crippen LogP contribution >= 0.6 is 0 Å². The topological polar surface area (TPSA) is 29.5 Å². The Morgan fingerprint density at radius 3 is 2.56 bits per heavy atom. The van der Waals surface area contributed by atoms with Crippen LogP contribution in [-0.2, 0) is 16.0 Å². The smallest absolute Gasteiger partial charge is 0.246 e. The number of carbonyl (C=O) groups is 1. The zero-order valence-corrected chi connectivity index (χ0v) is 10.8.